The van der Waals surface area contributed by atoms with Gasteiger partial charge in [-0.25, -0.2) is 0 Å². The van der Waals surface area contributed by atoms with Crippen molar-refractivity contribution in [1.82, 2.24) is 4.90 Å². The van der Waals surface area contributed by atoms with Gasteiger partial charge >= 0.3 is 0 Å². The summed E-state index contributed by atoms with van der Waals surface area (Å²) in [6.45, 7) is 5.79. The Morgan fingerprint density at radius 3 is 2.82 bits per heavy atom. The van der Waals surface area contributed by atoms with Crippen LogP contribution in [0.25, 0.3) is 0 Å². The maximum atomic E-state index is 12.5. The summed E-state index contributed by atoms with van der Waals surface area (Å²) in [6, 6.07) is 6.74. The molecule has 2 atom stereocenters. The van der Waals surface area contributed by atoms with Crippen LogP contribution in [0.4, 0.5) is 5.69 Å². The second-order valence-corrected chi connectivity index (χ2v) is 7.02. The number of aryl methyl sites for hydroxylation is 1. The van der Waals surface area contributed by atoms with Gasteiger partial charge in [0.1, 0.15) is 0 Å². The highest BCUT2D eigenvalue weighted by atomic mass is 16.2. The van der Waals surface area contributed by atoms with Crippen LogP contribution in [-0.4, -0.2) is 29.9 Å². The molecule has 1 aliphatic heterocycles. The zero-order chi connectivity index (χ0) is 15.5. The van der Waals surface area contributed by atoms with Gasteiger partial charge < -0.3 is 5.32 Å². The number of carbonyl (C=O) groups is 1. The van der Waals surface area contributed by atoms with Crippen molar-refractivity contribution in [2.75, 3.05) is 18.4 Å². The van der Waals surface area contributed by atoms with Crippen LogP contribution in [0.15, 0.2) is 18.2 Å². The number of rotatable bonds is 3. The molecule has 1 N–H and O–H groups in total. The fourth-order valence-electron chi connectivity index (χ4n) is 4.18. The first-order chi connectivity index (χ1) is 10.6. The zero-order valence-corrected chi connectivity index (χ0v) is 13.9. The van der Waals surface area contributed by atoms with Crippen LogP contribution < -0.4 is 5.32 Å². The van der Waals surface area contributed by atoms with E-state index in [2.05, 4.69) is 30.1 Å². The maximum absolute atomic E-state index is 12.5. The van der Waals surface area contributed by atoms with Crippen molar-refractivity contribution in [3.63, 3.8) is 0 Å². The number of benzene rings is 1. The second kappa shape index (κ2) is 6.82. The van der Waals surface area contributed by atoms with E-state index in [0.717, 1.165) is 18.2 Å². The van der Waals surface area contributed by atoms with Crippen LogP contribution in [0.1, 0.15) is 49.7 Å². The SMILES string of the molecule is Cc1cccc(NC(=O)CN2CCC[C@@H]3CCCC[C@@H]32)c1C. The number of hydrogen-bond donors (Lipinski definition) is 1. The number of hydrogen-bond acceptors (Lipinski definition) is 2. The molecule has 0 spiro atoms. The molecule has 1 saturated carbocycles. The molecule has 1 aromatic carbocycles. The summed E-state index contributed by atoms with van der Waals surface area (Å²) in [4.78, 5) is 14.9. The highest BCUT2D eigenvalue weighted by Crippen LogP contribution is 2.35. The highest BCUT2D eigenvalue weighted by Gasteiger charge is 2.33. The minimum absolute atomic E-state index is 0.139. The number of piperidine rings is 1. The van der Waals surface area contributed by atoms with Crippen LogP contribution in [-0.2, 0) is 4.79 Å². The number of anilines is 1. The molecule has 0 radical (unpaired) electrons. The third-order valence-corrected chi connectivity index (χ3v) is 5.58. The zero-order valence-electron chi connectivity index (χ0n) is 13.9. The molecule has 2 fully saturated rings. The Morgan fingerprint density at radius 2 is 1.95 bits per heavy atom. The summed E-state index contributed by atoms with van der Waals surface area (Å²) in [7, 11) is 0. The van der Waals surface area contributed by atoms with Gasteiger partial charge in [0, 0.05) is 11.7 Å². The lowest BCUT2D eigenvalue weighted by Crippen LogP contribution is -2.49. The van der Waals surface area contributed by atoms with E-state index in [-0.39, 0.29) is 5.91 Å². The quantitative estimate of drug-likeness (QED) is 0.918. The molecule has 2 aliphatic rings. The first kappa shape index (κ1) is 15.5. The van der Waals surface area contributed by atoms with Gasteiger partial charge in [-0.1, -0.05) is 25.0 Å². The van der Waals surface area contributed by atoms with Crippen LogP contribution in [0.5, 0.6) is 0 Å². The van der Waals surface area contributed by atoms with Crippen LogP contribution >= 0.6 is 0 Å². The molecule has 1 aromatic rings. The molecule has 0 bridgehead atoms. The number of fused-ring (bicyclic) bond motifs is 1. The van der Waals surface area contributed by atoms with E-state index in [1.54, 1.807) is 0 Å². The largest absolute Gasteiger partial charge is 0.325 e. The van der Waals surface area contributed by atoms with Crippen molar-refractivity contribution in [1.29, 1.82) is 0 Å². The summed E-state index contributed by atoms with van der Waals surface area (Å²) in [5.41, 5.74) is 3.36. The van der Waals surface area contributed by atoms with Crippen molar-refractivity contribution in [3.05, 3.63) is 29.3 Å². The lowest BCUT2D eigenvalue weighted by atomic mass is 9.78. The van der Waals surface area contributed by atoms with E-state index in [9.17, 15) is 4.79 Å². The molecule has 0 unspecified atom stereocenters. The van der Waals surface area contributed by atoms with Crippen LogP contribution in [0, 0.1) is 19.8 Å². The predicted octanol–water partition coefficient (Wildman–Crippen LogP) is 3.90. The first-order valence-electron chi connectivity index (χ1n) is 8.75. The van der Waals surface area contributed by atoms with Crippen LogP contribution in [0.3, 0.4) is 0 Å². The normalized spacial score (nSPS) is 25.5. The molecule has 120 valence electrons. The topological polar surface area (TPSA) is 32.3 Å². The maximum Gasteiger partial charge on any atom is 0.238 e. The number of amides is 1. The van der Waals surface area contributed by atoms with E-state index < -0.39 is 0 Å². The van der Waals surface area contributed by atoms with E-state index in [1.165, 1.54) is 49.7 Å². The van der Waals surface area contributed by atoms with Gasteiger partial charge in [0.2, 0.25) is 5.91 Å². The molecular formula is C19H28N2O. The second-order valence-electron chi connectivity index (χ2n) is 7.02. The van der Waals surface area contributed by atoms with Gasteiger partial charge in [-0.15, -0.1) is 0 Å². The molecule has 3 heteroatoms. The number of nitrogens with zero attached hydrogens (tertiary/aromatic N) is 1. The van der Waals surface area contributed by atoms with E-state index in [1.807, 2.05) is 12.1 Å². The first-order valence-corrected chi connectivity index (χ1v) is 8.75. The van der Waals surface area contributed by atoms with Crippen molar-refractivity contribution in [2.24, 2.45) is 5.92 Å². The van der Waals surface area contributed by atoms with Crippen molar-refractivity contribution >= 4 is 11.6 Å². The minimum atomic E-state index is 0.139. The summed E-state index contributed by atoms with van der Waals surface area (Å²) in [5.74, 6) is 0.968. The van der Waals surface area contributed by atoms with Gasteiger partial charge in [0.15, 0.2) is 0 Å². The van der Waals surface area contributed by atoms with Gasteiger partial charge in [0.05, 0.1) is 6.54 Å². The lowest BCUT2D eigenvalue weighted by molar-refractivity contribution is -0.118. The molecule has 1 amide bonds. The molecular weight excluding hydrogens is 272 g/mol. The van der Waals surface area contributed by atoms with E-state index >= 15 is 0 Å². The Bertz CT molecular complexity index is 538. The van der Waals surface area contributed by atoms with Crippen molar-refractivity contribution < 1.29 is 4.79 Å². The molecule has 3 nitrogen and oxygen atoms in total. The Morgan fingerprint density at radius 1 is 1.18 bits per heavy atom. The number of nitrogens with one attached hydrogen (secondary N) is 1. The van der Waals surface area contributed by atoms with Gasteiger partial charge in [-0.05, 0) is 69.2 Å². The highest BCUT2D eigenvalue weighted by molar-refractivity contribution is 5.93. The molecule has 1 aliphatic carbocycles. The fraction of sp³-hybridized carbons (Fsp3) is 0.632. The van der Waals surface area contributed by atoms with E-state index in [0.29, 0.717) is 12.6 Å². The summed E-state index contributed by atoms with van der Waals surface area (Å²) in [5, 5.41) is 3.11. The number of carbonyl (C=O) groups excluding carboxylic acids is 1. The Kier molecular flexibility index (Phi) is 4.82. The van der Waals surface area contributed by atoms with E-state index in [4.69, 9.17) is 0 Å². The van der Waals surface area contributed by atoms with Crippen molar-refractivity contribution in [2.45, 2.75) is 58.4 Å². The summed E-state index contributed by atoms with van der Waals surface area (Å²) < 4.78 is 0. The molecule has 0 aromatic heterocycles. The van der Waals surface area contributed by atoms with Gasteiger partial charge in [-0.3, -0.25) is 9.69 Å². The smallest absolute Gasteiger partial charge is 0.238 e. The average molecular weight is 300 g/mol. The van der Waals surface area contributed by atoms with Crippen molar-refractivity contribution in [3.8, 4) is 0 Å². The Labute approximate surface area is 134 Å². The van der Waals surface area contributed by atoms with Gasteiger partial charge in [-0.2, -0.15) is 0 Å². The third-order valence-electron chi connectivity index (χ3n) is 5.58. The molecule has 3 rings (SSSR count). The Hall–Kier alpha value is -1.35. The number of likely N-dealkylation sites (tertiary alicyclic amines) is 1. The standard InChI is InChI=1S/C19H28N2O/c1-14-7-5-10-17(15(14)2)20-19(22)13-21-12-6-9-16-8-3-4-11-18(16)21/h5,7,10,16,18H,3-4,6,8-9,11-13H2,1-2H3,(H,20,22)/t16-,18-/m0/s1. The minimum Gasteiger partial charge on any atom is -0.325 e. The summed E-state index contributed by atoms with van der Waals surface area (Å²) >= 11 is 0. The van der Waals surface area contributed by atoms with Gasteiger partial charge in [0.25, 0.3) is 0 Å². The predicted molar refractivity (Wildman–Crippen MR) is 91.1 cm³/mol. The molecule has 1 heterocycles. The monoisotopic (exact) mass is 300 g/mol. The molecule has 1 saturated heterocycles. The third kappa shape index (κ3) is 3.35. The Balaban J connectivity index is 1.62. The average Bonchev–Trinajstić information content (AvgIpc) is 2.52. The summed E-state index contributed by atoms with van der Waals surface area (Å²) in [6.07, 6.45) is 7.96. The molecule has 22 heavy (non-hydrogen) atoms. The van der Waals surface area contributed by atoms with Crippen LogP contribution in [0.2, 0.25) is 0 Å². The fourth-order valence-corrected chi connectivity index (χ4v) is 4.18. The lowest BCUT2D eigenvalue weighted by Gasteiger charge is -2.43.